The van der Waals surface area contributed by atoms with Crippen molar-refractivity contribution < 1.29 is 39.8 Å². The fraction of sp³-hybridized carbons (Fsp3) is 0.912. The molecule has 1 rings (SSSR count). The normalized spacial score (nSPS) is 23.9. The number of carbonyl (C=O) groups is 1. The van der Waals surface area contributed by atoms with Crippen molar-refractivity contribution in [2.24, 2.45) is 0 Å². The van der Waals surface area contributed by atoms with Crippen molar-refractivity contribution in [3.05, 3.63) is 12.2 Å². The van der Waals surface area contributed by atoms with Gasteiger partial charge in [0.05, 0.1) is 25.4 Å². The zero-order chi connectivity index (χ0) is 31.7. The quantitative estimate of drug-likeness (QED) is 0.0556. The van der Waals surface area contributed by atoms with Gasteiger partial charge in [-0.25, -0.2) is 0 Å². The molecule has 1 aliphatic heterocycles. The van der Waals surface area contributed by atoms with Gasteiger partial charge in [-0.05, 0) is 19.3 Å². The molecule has 2 unspecified atom stereocenters. The number of nitrogens with one attached hydrogen (secondary N) is 1. The first-order chi connectivity index (χ1) is 20.8. The van der Waals surface area contributed by atoms with Crippen molar-refractivity contribution in [3.8, 4) is 0 Å². The van der Waals surface area contributed by atoms with Crippen LogP contribution in [0.4, 0.5) is 0 Å². The molecule has 43 heavy (non-hydrogen) atoms. The average Bonchev–Trinajstić information content (AvgIpc) is 3.00. The largest absolute Gasteiger partial charge is 0.394 e. The molecule has 9 nitrogen and oxygen atoms in total. The van der Waals surface area contributed by atoms with Gasteiger partial charge < -0.3 is 40.3 Å². The predicted octanol–water partition coefficient (Wildman–Crippen LogP) is 5.05. The molecule has 0 spiro atoms. The zero-order valence-corrected chi connectivity index (χ0v) is 27.2. The van der Waals surface area contributed by atoms with E-state index in [9.17, 15) is 30.3 Å². The maximum Gasteiger partial charge on any atom is 0.220 e. The molecule has 0 bridgehead atoms. The molecule has 0 aliphatic carbocycles. The summed E-state index contributed by atoms with van der Waals surface area (Å²) in [6.07, 6.45) is 18.3. The van der Waals surface area contributed by atoms with E-state index in [4.69, 9.17) is 9.47 Å². The maximum atomic E-state index is 12.8. The van der Waals surface area contributed by atoms with Crippen LogP contribution < -0.4 is 5.32 Å². The second-order valence-electron chi connectivity index (χ2n) is 12.3. The van der Waals surface area contributed by atoms with E-state index in [1.807, 2.05) is 6.08 Å². The summed E-state index contributed by atoms with van der Waals surface area (Å²) < 4.78 is 11.1. The van der Waals surface area contributed by atoms with Gasteiger partial charge in [0.2, 0.25) is 5.91 Å². The lowest BCUT2D eigenvalue weighted by Gasteiger charge is -2.40. The molecule has 1 amide bonds. The van der Waals surface area contributed by atoms with Gasteiger partial charge in [0.25, 0.3) is 0 Å². The van der Waals surface area contributed by atoms with Gasteiger partial charge in [0.1, 0.15) is 24.4 Å². The van der Waals surface area contributed by atoms with Crippen molar-refractivity contribution in [1.82, 2.24) is 5.32 Å². The Bertz CT molecular complexity index is 691. The Hall–Kier alpha value is -1.07. The van der Waals surface area contributed by atoms with Crippen molar-refractivity contribution >= 4 is 5.91 Å². The van der Waals surface area contributed by atoms with Crippen LogP contribution in [0.25, 0.3) is 0 Å². The molecule has 0 aromatic carbocycles. The molecule has 1 heterocycles. The highest BCUT2D eigenvalue weighted by atomic mass is 16.7. The van der Waals surface area contributed by atoms with E-state index in [-0.39, 0.29) is 12.5 Å². The molecule has 1 fully saturated rings. The molecule has 0 aromatic rings. The molecule has 1 aliphatic rings. The van der Waals surface area contributed by atoms with Crippen LogP contribution in [0.1, 0.15) is 142 Å². The molecule has 7 atom stereocenters. The molecule has 0 aromatic heterocycles. The number of hydrogen-bond acceptors (Lipinski definition) is 8. The lowest BCUT2D eigenvalue weighted by molar-refractivity contribution is -0.302. The first-order valence-corrected chi connectivity index (χ1v) is 17.4. The minimum absolute atomic E-state index is 0.183. The van der Waals surface area contributed by atoms with Crippen molar-refractivity contribution in [1.29, 1.82) is 0 Å². The van der Waals surface area contributed by atoms with Gasteiger partial charge in [0, 0.05) is 6.42 Å². The zero-order valence-electron chi connectivity index (χ0n) is 27.2. The summed E-state index contributed by atoms with van der Waals surface area (Å²) in [6.45, 7) is 3.69. The summed E-state index contributed by atoms with van der Waals surface area (Å²) >= 11 is 0. The van der Waals surface area contributed by atoms with Crippen LogP contribution in [0.15, 0.2) is 12.2 Å². The van der Waals surface area contributed by atoms with Crippen LogP contribution in [0, 0.1) is 0 Å². The van der Waals surface area contributed by atoms with Crippen LogP contribution in [-0.4, -0.2) is 87.5 Å². The van der Waals surface area contributed by atoms with Crippen LogP contribution in [0.3, 0.4) is 0 Å². The second-order valence-corrected chi connectivity index (χ2v) is 12.3. The Labute approximate surface area is 261 Å². The SMILES string of the molecule is CCCCCCCCC/C=C/[C@@H](O)[C@H](CO[C@@H]1O[C@H](CO)[C@@H](O)C(O)C1O)NC(=O)CCCCCCCCCCCCC. The summed E-state index contributed by atoms with van der Waals surface area (Å²) in [5.41, 5.74) is 0. The smallest absolute Gasteiger partial charge is 0.220 e. The van der Waals surface area contributed by atoms with E-state index in [2.05, 4.69) is 19.2 Å². The van der Waals surface area contributed by atoms with Crippen molar-refractivity contribution in [3.63, 3.8) is 0 Å². The average molecular weight is 616 g/mol. The van der Waals surface area contributed by atoms with E-state index in [1.54, 1.807) is 6.08 Å². The number of carbonyl (C=O) groups excluding carboxylic acids is 1. The topological polar surface area (TPSA) is 149 Å². The van der Waals surface area contributed by atoms with E-state index in [0.717, 1.165) is 38.5 Å². The highest BCUT2D eigenvalue weighted by Crippen LogP contribution is 2.22. The number of allylic oxidation sites excluding steroid dienone is 1. The molecular weight excluding hydrogens is 550 g/mol. The Morgan fingerprint density at radius 1 is 0.767 bits per heavy atom. The lowest BCUT2D eigenvalue weighted by atomic mass is 9.99. The number of amides is 1. The molecule has 0 radical (unpaired) electrons. The van der Waals surface area contributed by atoms with Gasteiger partial charge in [-0.3, -0.25) is 4.79 Å². The first-order valence-electron chi connectivity index (χ1n) is 17.4. The molecule has 1 saturated heterocycles. The van der Waals surface area contributed by atoms with Crippen LogP contribution in [0.2, 0.25) is 0 Å². The highest BCUT2D eigenvalue weighted by Gasteiger charge is 2.44. The maximum absolute atomic E-state index is 12.8. The Balaban J connectivity index is 2.51. The third-order valence-electron chi connectivity index (χ3n) is 8.36. The summed E-state index contributed by atoms with van der Waals surface area (Å²) in [5, 5.41) is 53.6. The molecule has 254 valence electrons. The van der Waals surface area contributed by atoms with E-state index >= 15 is 0 Å². The number of aliphatic hydroxyl groups excluding tert-OH is 5. The standard InChI is InChI=1S/C34H65NO8/c1-3-5-7-9-11-13-14-16-18-20-22-24-30(38)35-27(28(37)23-21-19-17-15-12-10-8-6-4-2)26-42-34-33(41)32(40)31(39)29(25-36)43-34/h21,23,27-29,31-34,36-37,39-41H,3-20,22,24-26H2,1-2H3,(H,35,38)/b23-21+/t27-,28+,29+,31+,32?,33?,34+/m0/s1. The van der Waals surface area contributed by atoms with E-state index in [1.165, 1.54) is 83.5 Å². The Morgan fingerprint density at radius 3 is 1.81 bits per heavy atom. The molecule has 9 heteroatoms. The van der Waals surface area contributed by atoms with Gasteiger partial charge in [-0.2, -0.15) is 0 Å². The summed E-state index contributed by atoms with van der Waals surface area (Å²) in [7, 11) is 0. The minimum atomic E-state index is -1.56. The number of unbranched alkanes of at least 4 members (excludes halogenated alkanes) is 17. The van der Waals surface area contributed by atoms with Crippen molar-refractivity contribution in [2.75, 3.05) is 13.2 Å². The first kappa shape index (κ1) is 40.0. The Kier molecular flexibility index (Phi) is 24.3. The summed E-state index contributed by atoms with van der Waals surface area (Å²) in [5.74, 6) is -0.183. The number of ether oxygens (including phenoxy) is 2. The van der Waals surface area contributed by atoms with Crippen LogP contribution in [0.5, 0.6) is 0 Å². The molecule has 0 saturated carbocycles. The number of hydrogen-bond donors (Lipinski definition) is 6. The number of rotatable bonds is 27. The monoisotopic (exact) mass is 615 g/mol. The van der Waals surface area contributed by atoms with Gasteiger partial charge in [-0.1, -0.05) is 129 Å². The third kappa shape index (κ3) is 18.5. The van der Waals surface area contributed by atoms with Crippen molar-refractivity contribution in [2.45, 2.75) is 185 Å². The van der Waals surface area contributed by atoms with Crippen LogP contribution >= 0.6 is 0 Å². The Morgan fingerprint density at radius 2 is 1.28 bits per heavy atom. The molecular formula is C34H65NO8. The second kappa shape index (κ2) is 26.2. The summed E-state index contributed by atoms with van der Waals surface area (Å²) in [4.78, 5) is 12.8. The lowest BCUT2D eigenvalue weighted by Crippen LogP contribution is -2.60. The predicted molar refractivity (Wildman–Crippen MR) is 170 cm³/mol. The minimum Gasteiger partial charge on any atom is -0.394 e. The van der Waals surface area contributed by atoms with Gasteiger partial charge in [-0.15, -0.1) is 0 Å². The fourth-order valence-corrected chi connectivity index (χ4v) is 5.45. The van der Waals surface area contributed by atoms with E-state index in [0.29, 0.717) is 6.42 Å². The van der Waals surface area contributed by atoms with Crippen LogP contribution in [-0.2, 0) is 14.3 Å². The fourth-order valence-electron chi connectivity index (χ4n) is 5.45. The third-order valence-corrected chi connectivity index (χ3v) is 8.36. The summed E-state index contributed by atoms with van der Waals surface area (Å²) in [6, 6.07) is -0.794. The number of aliphatic hydroxyl groups is 5. The highest BCUT2D eigenvalue weighted by molar-refractivity contribution is 5.76. The van der Waals surface area contributed by atoms with E-state index < -0.39 is 49.5 Å². The van der Waals surface area contributed by atoms with Gasteiger partial charge in [0.15, 0.2) is 6.29 Å². The van der Waals surface area contributed by atoms with Gasteiger partial charge >= 0.3 is 0 Å². The molecule has 6 N–H and O–H groups in total.